The van der Waals surface area contributed by atoms with Crippen LogP contribution in [0.15, 0.2) is 0 Å². The average molecular weight is 166 g/mol. The number of unbranched alkanes of at least 4 members (excludes halogenated alkanes) is 2. The molecule has 0 heteroatoms. The van der Waals surface area contributed by atoms with Crippen molar-refractivity contribution >= 4 is 0 Å². The molecule has 0 saturated carbocycles. The van der Waals surface area contributed by atoms with Gasteiger partial charge in [-0.15, -0.1) is 11.8 Å². The van der Waals surface area contributed by atoms with Crippen molar-refractivity contribution in [1.82, 2.24) is 0 Å². The van der Waals surface area contributed by atoms with Gasteiger partial charge in [0.05, 0.1) is 0 Å². The molecule has 0 aromatic carbocycles. The van der Waals surface area contributed by atoms with Crippen LogP contribution in [0.5, 0.6) is 0 Å². The highest BCUT2D eigenvalue weighted by atomic mass is 14.0. The largest absolute Gasteiger partial charge is 0.103 e. The Hall–Kier alpha value is -0.440. The lowest BCUT2D eigenvalue weighted by Gasteiger charge is -2.04. The molecule has 0 nitrogen and oxygen atoms in total. The van der Waals surface area contributed by atoms with E-state index < -0.39 is 0 Å². The van der Waals surface area contributed by atoms with E-state index in [0.29, 0.717) is 0 Å². The Morgan fingerprint density at radius 1 is 1.08 bits per heavy atom. The van der Waals surface area contributed by atoms with Crippen LogP contribution in [-0.4, -0.2) is 0 Å². The van der Waals surface area contributed by atoms with Crippen molar-refractivity contribution in [3.63, 3.8) is 0 Å². The van der Waals surface area contributed by atoms with Gasteiger partial charge in [-0.2, -0.15) is 0 Å². The first kappa shape index (κ1) is 11.6. The standard InChI is InChI=1S/C12H22/c1-4-6-8-9-11-12(3)10-7-5-2/h12H,4-7,10-11H2,1-3H3. The van der Waals surface area contributed by atoms with E-state index >= 15 is 0 Å². The molecule has 0 rings (SSSR count). The van der Waals surface area contributed by atoms with E-state index in [-0.39, 0.29) is 0 Å². The molecule has 0 radical (unpaired) electrons. The summed E-state index contributed by atoms with van der Waals surface area (Å²) < 4.78 is 0. The fourth-order valence-electron chi connectivity index (χ4n) is 1.11. The lowest BCUT2D eigenvalue weighted by Crippen LogP contribution is -1.91. The molecular formula is C12H22. The Morgan fingerprint density at radius 2 is 1.83 bits per heavy atom. The molecule has 0 heterocycles. The van der Waals surface area contributed by atoms with Gasteiger partial charge in [0, 0.05) is 12.8 Å². The van der Waals surface area contributed by atoms with Crippen molar-refractivity contribution in [3.8, 4) is 11.8 Å². The summed E-state index contributed by atoms with van der Waals surface area (Å²) in [6.45, 7) is 6.72. The molecule has 0 aliphatic heterocycles. The van der Waals surface area contributed by atoms with E-state index in [9.17, 15) is 0 Å². The van der Waals surface area contributed by atoms with Crippen molar-refractivity contribution in [2.75, 3.05) is 0 Å². The van der Waals surface area contributed by atoms with E-state index in [1.54, 1.807) is 0 Å². The molecule has 0 aromatic heterocycles. The molecule has 0 bridgehead atoms. The van der Waals surface area contributed by atoms with E-state index in [0.717, 1.165) is 18.8 Å². The van der Waals surface area contributed by atoms with Gasteiger partial charge in [0.2, 0.25) is 0 Å². The van der Waals surface area contributed by atoms with Gasteiger partial charge in [-0.3, -0.25) is 0 Å². The summed E-state index contributed by atoms with van der Waals surface area (Å²) in [6, 6.07) is 0. The maximum absolute atomic E-state index is 3.24. The minimum atomic E-state index is 0.800. The second-order valence-electron chi connectivity index (χ2n) is 3.56. The van der Waals surface area contributed by atoms with Crippen LogP contribution >= 0.6 is 0 Å². The molecule has 0 fully saturated rings. The summed E-state index contributed by atoms with van der Waals surface area (Å²) in [4.78, 5) is 0. The highest BCUT2D eigenvalue weighted by Gasteiger charge is 1.97. The van der Waals surface area contributed by atoms with Crippen LogP contribution in [0.4, 0.5) is 0 Å². The molecule has 0 amide bonds. The smallest absolute Gasteiger partial charge is 0.0114 e. The molecule has 0 aliphatic carbocycles. The first-order valence-corrected chi connectivity index (χ1v) is 5.27. The van der Waals surface area contributed by atoms with Crippen molar-refractivity contribution in [2.45, 2.75) is 59.3 Å². The zero-order valence-electron chi connectivity index (χ0n) is 8.82. The lowest BCUT2D eigenvalue weighted by molar-refractivity contribution is 0.518. The van der Waals surface area contributed by atoms with Gasteiger partial charge in [0.25, 0.3) is 0 Å². The number of rotatable bonds is 5. The monoisotopic (exact) mass is 166 g/mol. The zero-order valence-corrected chi connectivity index (χ0v) is 8.82. The Balaban J connectivity index is 3.31. The van der Waals surface area contributed by atoms with Gasteiger partial charge in [-0.1, -0.05) is 33.6 Å². The van der Waals surface area contributed by atoms with Crippen molar-refractivity contribution in [2.24, 2.45) is 5.92 Å². The Morgan fingerprint density at radius 3 is 2.42 bits per heavy atom. The predicted octanol–water partition coefficient (Wildman–Crippen LogP) is 4.01. The van der Waals surface area contributed by atoms with Gasteiger partial charge in [0.1, 0.15) is 0 Å². The molecule has 0 saturated heterocycles. The third kappa shape index (κ3) is 7.66. The van der Waals surface area contributed by atoms with Gasteiger partial charge >= 0.3 is 0 Å². The number of hydrogen-bond acceptors (Lipinski definition) is 0. The Bertz CT molecular complexity index is 136. The number of hydrogen-bond donors (Lipinski definition) is 0. The second-order valence-corrected chi connectivity index (χ2v) is 3.56. The SMILES string of the molecule is CCCC#CCC(C)CCCC. The first-order valence-electron chi connectivity index (χ1n) is 5.27. The summed E-state index contributed by atoms with van der Waals surface area (Å²) in [6.07, 6.45) is 7.37. The summed E-state index contributed by atoms with van der Waals surface area (Å²) in [7, 11) is 0. The molecular weight excluding hydrogens is 144 g/mol. The van der Waals surface area contributed by atoms with Crippen LogP contribution in [0.2, 0.25) is 0 Å². The average Bonchev–Trinajstić information content (AvgIpc) is 2.09. The minimum absolute atomic E-state index is 0.800. The van der Waals surface area contributed by atoms with E-state index in [1.807, 2.05) is 0 Å². The summed E-state index contributed by atoms with van der Waals surface area (Å²) in [5.41, 5.74) is 0. The zero-order chi connectivity index (χ0) is 9.23. The fourth-order valence-corrected chi connectivity index (χ4v) is 1.11. The highest BCUT2D eigenvalue weighted by molar-refractivity contribution is 4.99. The summed E-state index contributed by atoms with van der Waals surface area (Å²) in [5.74, 6) is 7.24. The third-order valence-corrected chi connectivity index (χ3v) is 2.00. The highest BCUT2D eigenvalue weighted by Crippen LogP contribution is 2.10. The molecule has 0 N–H and O–H groups in total. The Kier molecular flexibility index (Phi) is 8.34. The second kappa shape index (κ2) is 8.65. The molecule has 70 valence electrons. The van der Waals surface area contributed by atoms with Crippen LogP contribution in [-0.2, 0) is 0 Å². The van der Waals surface area contributed by atoms with Gasteiger partial charge < -0.3 is 0 Å². The molecule has 1 unspecified atom stereocenters. The van der Waals surface area contributed by atoms with Crippen LogP contribution in [0, 0.1) is 17.8 Å². The van der Waals surface area contributed by atoms with Gasteiger partial charge in [-0.05, 0) is 18.8 Å². The molecule has 0 aliphatic rings. The molecule has 0 aromatic rings. The van der Waals surface area contributed by atoms with Gasteiger partial charge in [-0.25, -0.2) is 0 Å². The van der Waals surface area contributed by atoms with Crippen LogP contribution in [0.3, 0.4) is 0 Å². The van der Waals surface area contributed by atoms with Crippen LogP contribution in [0.25, 0.3) is 0 Å². The lowest BCUT2D eigenvalue weighted by atomic mass is 10.0. The topological polar surface area (TPSA) is 0 Å². The molecule has 1 atom stereocenters. The summed E-state index contributed by atoms with van der Waals surface area (Å²) >= 11 is 0. The molecule has 12 heavy (non-hydrogen) atoms. The van der Waals surface area contributed by atoms with E-state index in [4.69, 9.17) is 0 Å². The maximum atomic E-state index is 3.24. The van der Waals surface area contributed by atoms with Crippen molar-refractivity contribution < 1.29 is 0 Å². The third-order valence-electron chi connectivity index (χ3n) is 2.00. The minimum Gasteiger partial charge on any atom is -0.103 e. The van der Waals surface area contributed by atoms with Gasteiger partial charge in [0.15, 0.2) is 0 Å². The van der Waals surface area contributed by atoms with E-state index in [2.05, 4.69) is 32.6 Å². The first-order chi connectivity index (χ1) is 5.81. The van der Waals surface area contributed by atoms with Crippen LogP contribution in [0.1, 0.15) is 59.3 Å². The van der Waals surface area contributed by atoms with Crippen molar-refractivity contribution in [3.05, 3.63) is 0 Å². The molecule has 0 spiro atoms. The fraction of sp³-hybridized carbons (Fsp3) is 0.833. The van der Waals surface area contributed by atoms with E-state index in [1.165, 1.54) is 25.7 Å². The van der Waals surface area contributed by atoms with Crippen molar-refractivity contribution in [1.29, 1.82) is 0 Å². The Labute approximate surface area is 77.8 Å². The normalized spacial score (nSPS) is 11.9. The summed E-state index contributed by atoms with van der Waals surface area (Å²) in [5, 5.41) is 0. The predicted molar refractivity (Wildman–Crippen MR) is 56.0 cm³/mol. The maximum Gasteiger partial charge on any atom is 0.0114 e. The quantitative estimate of drug-likeness (QED) is 0.541. The van der Waals surface area contributed by atoms with Crippen LogP contribution < -0.4 is 0 Å².